The fraction of sp³-hybridized carbons (Fsp3) is 0.481. The van der Waals surface area contributed by atoms with Gasteiger partial charge in [-0.3, -0.25) is 13.9 Å². The SMILES string of the molecule is Cc1cccc(CN(C(=O)CCCN(c2ccc(F)c(F)c2)S(C)(=O)=O)[C@@H](C)C(=O)NC2CCCC2)c1. The second-order valence-electron chi connectivity index (χ2n) is 9.71. The van der Waals surface area contributed by atoms with E-state index in [1.165, 1.54) is 11.0 Å². The molecule has 0 unspecified atom stereocenters. The van der Waals surface area contributed by atoms with Crippen LogP contribution in [0.5, 0.6) is 0 Å². The molecule has 0 spiro atoms. The summed E-state index contributed by atoms with van der Waals surface area (Å²) in [7, 11) is -3.81. The van der Waals surface area contributed by atoms with E-state index < -0.39 is 27.7 Å². The van der Waals surface area contributed by atoms with Crippen LogP contribution in [-0.2, 0) is 26.2 Å². The van der Waals surface area contributed by atoms with Gasteiger partial charge >= 0.3 is 0 Å². The number of hydrogen-bond acceptors (Lipinski definition) is 4. The van der Waals surface area contributed by atoms with Crippen LogP contribution in [0.4, 0.5) is 14.5 Å². The Morgan fingerprint density at radius 2 is 1.78 bits per heavy atom. The van der Waals surface area contributed by atoms with E-state index in [1.807, 2.05) is 31.2 Å². The van der Waals surface area contributed by atoms with Gasteiger partial charge in [0.25, 0.3) is 0 Å². The van der Waals surface area contributed by atoms with Crippen LogP contribution in [0.25, 0.3) is 0 Å². The molecule has 10 heteroatoms. The number of amides is 2. The van der Waals surface area contributed by atoms with Gasteiger partial charge in [-0.2, -0.15) is 0 Å². The number of aryl methyl sites for hydroxylation is 1. The minimum atomic E-state index is -3.81. The van der Waals surface area contributed by atoms with Crippen LogP contribution in [0.2, 0.25) is 0 Å². The van der Waals surface area contributed by atoms with Crippen LogP contribution in [0.3, 0.4) is 0 Å². The zero-order chi connectivity index (χ0) is 27.2. The molecule has 0 saturated heterocycles. The Kier molecular flexibility index (Phi) is 9.64. The highest BCUT2D eigenvalue weighted by Crippen LogP contribution is 2.22. The summed E-state index contributed by atoms with van der Waals surface area (Å²) in [6.07, 6.45) is 5.07. The lowest BCUT2D eigenvalue weighted by Crippen LogP contribution is -2.49. The van der Waals surface area contributed by atoms with Crippen molar-refractivity contribution in [2.24, 2.45) is 0 Å². The van der Waals surface area contributed by atoms with Gasteiger partial charge in [0.2, 0.25) is 21.8 Å². The molecule has 1 atom stereocenters. The zero-order valence-electron chi connectivity index (χ0n) is 21.5. The van der Waals surface area contributed by atoms with Crippen LogP contribution in [0.15, 0.2) is 42.5 Å². The van der Waals surface area contributed by atoms with Crippen molar-refractivity contribution >= 4 is 27.5 Å². The van der Waals surface area contributed by atoms with Gasteiger partial charge in [-0.1, -0.05) is 42.7 Å². The highest BCUT2D eigenvalue weighted by Gasteiger charge is 2.29. The van der Waals surface area contributed by atoms with E-state index in [-0.39, 0.29) is 49.5 Å². The summed E-state index contributed by atoms with van der Waals surface area (Å²) >= 11 is 0. The predicted molar refractivity (Wildman–Crippen MR) is 139 cm³/mol. The number of halogens is 2. The lowest BCUT2D eigenvalue weighted by molar-refractivity contribution is -0.141. The molecule has 2 aromatic rings. The number of sulfonamides is 1. The van der Waals surface area contributed by atoms with E-state index in [2.05, 4.69) is 5.32 Å². The van der Waals surface area contributed by atoms with Gasteiger partial charge in [0.1, 0.15) is 6.04 Å². The molecule has 0 radical (unpaired) electrons. The Labute approximate surface area is 217 Å². The third-order valence-electron chi connectivity index (χ3n) is 6.65. The molecule has 202 valence electrons. The van der Waals surface area contributed by atoms with Crippen molar-refractivity contribution in [1.29, 1.82) is 0 Å². The lowest BCUT2D eigenvalue weighted by Gasteiger charge is -2.30. The van der Waals surface area contributed by atoms with Gasteiger partial charge in [0.05, 0.1) is 11.9 Å². The standard InChI is InChI=1S/C27H35F2N3O4S/c1-19-8-6-9-21(16-19)18-31(20(2)27(34)30-22-10-4-5-11-22)26(33)12-7-15-32(37(3,35)36)23-13-14-24(28)25(29)17-23/h6,8-9,13-14,16-17,20,22H,4-5,7,10-12,15,18H2,1-3H3,(H,30,34)/t20-/m0/s1. The topological polar surface area (TPSA) is 86.8 Å². The molecule has 0 heterocycles. The molecule has 1 fully saturated rings. The van der Waals surface area contributed by atoms with Gasteiger partial charge in [-0.25, -0.2) is 17.2 Å². The van der Waals surface area contributed by atoms with E-state index in [9.17, 15) is 26.8 Å². The van der Waals surface area contributed by atoms with Crippen LogP contribution >= 0.6 is 0 Å². The number of carbonyl (C=O) groups excluding carboxylic acids is 2. The van der Waals surface area contributed by atoms with Gasteiger partial charge < -0.3 is 10.2 Å². The number of rotatable bonds is 11. The number of nitrogens with zero attached hydrogens (tertiary/aromatic N) is 2. The first kappa shape index (κ1) is 28.6. The molecule has 0 aromatic heterocycles. The number of anilines is 1. The largest absolute Gasteiger partial charge is 0.352 e. The molecule has 1 saturated carbocycles. The first-order valence-corrected chi connectivity index (χ1v) is 14.4. The molecule has 1 aliphatic rings. The summed E-state index contributed by atoms with van der Waals surface area (Å²) in [6, 6.07) is 9.95. The Morgan fingerprint density at radius 1 is 1.08 bits per heavy atom. The predicted octanol–water partition coefficient (Wildman–Crippen LogP) is 4.30. The zero-order valence-corrected chi connectivity index (χ0v) is 22.4. The van der Waals surface area contributed by atoms with E-state index >= 15 is 0 Å². The quantitative estimate of drug-likeness (QED) is 0.465. The molecule has 0 aliphatic heterocycles. The summed E-state index contributed by atoms with van der Waals surface area (Å²) in [6.45, 7) is 3.78. The Bertz CT molecular complexity index is 1220. The van der Waals surface area contributed by atoms with Crippen molar-refractivity contribution in [3.8, 4) is 0 Å². The fourth-order valence-corrected chi connectivity index (χ4v) is 5.58. The Morgan fingerprint density at radius 3 is 2.41 bits per heavy atom. The number of nitrogens with one attached hydrogen (secondary N) is 1. The van der Waals surface area contributed by atoms with Crippen molar-refractivity contribution in [1.82, 2.24) is 10.2 Å². The monoisotopic (exact) mass is 535 g/mol. The second-order valence-corrected chi connectivity index (χ2v) is 11.6. The molecule has 2 amide bonds. The van der Waals surface area contributed by atoms with E-state index in [4.69, 9.17) is 0 Å². The van der Waals surface area contributed by atoms with Crippen LogP contribution in [0.1, 0.15) is 56.6 Å². The van der Waals surface area contributed by atoms with Crippen molar-refractivity contribution in [2.75, 3.05) is 17.1 Å². The van der Waals surface area contributed by atoms with E-state index in [0.29, 0.717) is 0 Å². The molecule has 2 aromatic carbocycles. The number of hydrogen-bond donors (Lipinski definition) is 1. The Hall–Kier alpha value is -3.01. The van der Waals surface area contributed by atoms with Gasteiger partial charge in [0.15, 0.2) is 11.6 Å². The van der Waals surface area contributed by atoms with Crippen LogP contribution in [0, 0.1) is 18.6 Å². The fourth-order valence-electron chi connectivity index (χ4n) is 4.63. The van der Waals surface area contributed by atoms with Crippen molar-refractivity contribution in [3.05, 3.63) is 65.2 Å². The van der Waals surface area contributed by atoms with Gasteiger partial charge in [-0.05, 0) is 50.8 Å². The first-order chi connectivity index (χ1) is 17.5. The van der Waals surface area contributed by atoms with Crippen LogP contribution in [-0.4, -0.2) is 50.0 Å². The molecular weight excluding hydrogens is 500 g/mol. The highest BCUT2D eigenvalue weighted by molar-refractivity contribution is 7.92. The molecule has 1 N–H and O–H groups in total. The van der Waals surface area contributed by atoms with E-state index in [0.717, 1.165) is 59.5 Å². The molecular formula is C27H35F2N3O4S. The summed E-state index contributed by atoms with van der Waals surface area (Å²) in [5.74, 6) is -2.75. The summed E-state index contributed by atoms with van der Waals surface area (Å²) in [5.41, 5.74) is 1.89. The third-order valence-corrected chi connectivity index (χ3v) is 7.84. The van der Waals surface area contributed by atoms with Crippen molar-refractivity contribution < 1.29 is 26.8 Å². The van der Waals surface area contributed by atoms with Crippen molar-refractivity contribution in [3.63, 3.8) is 0 Å². The normalized spacial score (nSPS) is 14.8. The molecule has 3 rings (SSSR count). The number of benzene rings is 2. The van der Waals surface area contributed by atoms with Crippen molar-refractivity contribution in [2.45, 2.75) is 71.0 Å². The summed E-state index contributed by atoms with van der Waals surface area (Å²) in [5, 5.41) is 3.05. The minimum Gasteiger partial charge on any atom is -0.352 e. The van der Waals surface area contributed by atoms with Gasteiger partial charge in [0, 0.05) is 31.6 Å². The molecule has 7 nitrogen and oxygen atoms in total. The van der Waals surface area contributed by atoms with E-state index in [1.54, 1.807) is 6.92 Å². The average molecular weight is 536 g/mol. The maximum Gasteiger partial charge on any atom is 0.242 e. The minimum absolute atomic E-state index is 0.0187. The highest BCUT2D eigenvalue weighted by atomic mass is 32.2. The second kappa shape index (κ2) is 12.5. The summed E-state index contributed by atoms with van der Waals surface area (Å²) in [4.78, 5) is 27.9. The number of carbonyl (C=O) groups is 2. The smallest absolute Gasteiger partial charge is 0.242 e. The van der Waals surface area contributed by atoms with Crippen LogP contribution < -0.4 is 9.62 Å². The molecule has 1 aliphatic carbocycles. The molecule has 37 heavy (non-hydrogen) atoms. The maximum atomic E-state index is 13.7. The third kappa shape index (κ3) is 7.99. The van der Waals surface area contributed by atoms with Gasteiger partial charge in [-0.15, -0.1) is 0 Å². The molecule has 0 bridgehead atoms. The first-order valence-electron chi connectivity index (χ1n) is 12.5. The summed E-state index contributed by atoms with van der Waals surface area (Å²) < 4.78 is 52.7. The lowest BCUT2D eigenvalue weighted by atomic mass is 10.1. The Balaban J connectivity index is 1.73. The average Bonchev–Trinajstić information content (AvgIpc) is 3.34. The maximum absolute atomic E-state index is 13.7.